The van der Waals surface area contributed by atoms with Crippen LogP contribution in [-0.2, 0) is 4.79 Å². The number of unbranched alkanes of at least 4 members (excludes halogenated alkanes) is 1. The van der Waals surface area contributed by atoms with Gasteiger partial charge >= 0.3 is 0 Å². The smallest absolute Gasteiger partial charge is 0.260 e. The molecule has 0 aliphatic rings. The molecule has 1 atom stereocenters. The lowest BCUT2D eigenvalue weighted by atomic mass is 10.2. The Kier molecular flexibility index (Phi) is 9.38. The predicted octanol–water partition coefficient (Wildman–Crippen LogP) is 2.69. The number of hydrogen-bond donors (Lipinski definition) is 2. The Labute approximate surface area is 131 Å². The first-order chi connectivity index (χ1) is 9.04. The van der Waals surface area contributed by atoms with Crippen molar-refractivity contribution in [3.63, 3.8) is 0 Å². The molecule has 4 nitrogen and oxygen atoms in total. The first kappa shape index (κ1) is 19.0. The molecule has 0 saturated carbocycles. The van der Waals surface area contributed by atoms with Gasteiger partial charge in [-0.15, -0.1) is 12.4 Å². The zero-order valence-electron chi connectivity index (χ0n) is 11.8. The summed E-state index contributed by atoms with van der Waals surface area (Å²) in [6.45, 7) is 4.91. The lowest BCUT2D eigenvalue weighted by Crippen LogP contribution is -2.37. The van der Waals surface area contributed by atoms with Crippen LogP contribution in [0.1, 0.15) is 25.3 Å². The van der Waals surface area contributed by atoms with Crippen LogP contribution in [0.25, 0.3) is 0 Å². The molecule has 6 heteroatoms. The molecule has 114 valence electrons. The van der Waals surface area contributed by atoms with Crippen molar-refractivity contribution in [3.05, 3.63) is 28.8 Å². The third-order valence-electron chi connectivity index (χ3n) is 2.69. The van der Waals surface area contributed by atoms with Gasteiger partial charge in [-0.1, -0.05) is 17.7 Å². The van der Waals surface area contributed by atoms with E-state index < -0.39 is 6.10 Å². The van der Waals surface area contributed by atoms with Gasteiger partial charge in [-0.3, -0.25) is 4.79 Å². The molecular weight excluding hydrogens is 299 g/mol. The second-order valence-corrected chi connectivity index (χ2v) is 4.89. The lowest BCUT2D eigenvalue weighted by Gasteiger charge is -2.16. The van der Waals surface area contributed by atoms with Crippen LogP contribution in [0.2, 0.25) is 5.02 Å². The standard InChI is InChI=1S/C14H21ClN2O2.ClH/c1-10-5-6-12(15)13(9-10)19-11(2)14(18)17-8-4-3-7-16;/h5-6,9,11H,3-4,7-8,16H2,1-2H3,(H,17,18);1H. The maximum Gasteiger partial charge on any atom is 0.260 e. The Bertz CT molecular complexity index is 428. The number of aryl methyl sites for hydroxylation is 1. The summed E-state index contributed by atoms with van der Waals surface area (Å²) in [7, 11) is 0. The summed E-state index contributed by atoms with van der Waals surface area (Å²) in [5.74, 6) is 0.390. The fourth-order valence-electron chi connectivity index (χ4n) is 1.57. The van der Waals surface area contributed by atoms with Crippen molar-refractivity contribution in [1.82, 2.24) is 5.32 Å². The second-order valence-electron chi connectivity index (χ2n) is 4.48. The van der Waals surface area contributed by atoms with Gasteiger partial charge < -0.3 is 15.8 Å². The van der Waals surface area contributed by atoms with Crippen LogP contribution in [0, 0.1) is 6.92 Å². The van der Waals surface area contributed by atoms with Crippen molar-refractivity contribution in [1.29, 1.82) is 0 Å². The Morgan fingerprint density at radius 2 is 2.15 bits per heavy atom. The number of hydrogen-bond acceptors (Lipinski definition) is 3. The van der Waals surface area contributed by atoms with Gasteiger partial charge in [0.2, 0.25) is 0 Å². The quantitative estimate of drug-likeness (QED) is 0.759. The molecule has 0 aliphatic carbocycles. The van der Waals surface area contributed by atoms with Gasteiger partial charge in [-0.25, -0.2) is 0 Å². The van der Waals surface area contributed by atoms with Crippen molar-refractivity contribution in [2.75, 3.05) is 13.1 Å². The van der Waals surface area contributed by atoms with Gasteiger partial charge in [0.1, 0.15) is 5.75 Å². The number of carbonyl (C=O) groups excluding carboxylic acids is 1. The van der Waals surface area contributed by atoms with Crippen molar-refractivity contribution >= 4 is 29.9 Å². The van der Waals surface area contributed by atoms with Crippen molar-refractivity contribution in [2.24, 2.45) is 5.73 Å². The van der Waals surface area contributed by atoms with Gasteiger partial charge in [0.05, 0.1) is 5.02 Å². The number of benzene rings is 1. The number of nitrogens with two attached hydrogens (primary N) is 1. The normalized spacial score (nSPS) is 11.4. The maximum absolute atomic E-state index is 11.8. The van der Waals surface area contributed by atoms with E-state index in [1.165, 1.54) is 0 Å². The van der Waals surface area contributed by atoms with Crippen LogP contribution in [0.4, 0.5) is 0 Å². The van der Waals surface area contributed by atoms with Crippen molar-refractivity contribution < 1.29 is 9.53 Å². The minimum Gasteiger partial charge on any atom is -0.479 e. The summed E-state index contributed by atoms with van der Waals surface area (Å²) in [5, 5.41) is 3.32. The minimum absolute atomic E-state index is 0. The van der Waals surface area contributed by atoms with Gasteiger partial charge in [-0.05, 0) is 50.9 Å². The molecule has 1 aromatic rings. The zero-order chi connectivity index (χ0) is 14.3. The van der Waals surface area contributed by atoms with E-state index in [0.717, 1.165) is 18.4 Å². The van der Waals surface area contributed by atoms with E-state index in [2.05, 4.69) is 5.32 Å². The highest BCUT2D eigenvalue weighted by Crippen LogP contribution is 2.26. The maximum atomic E-state index is 11.8. The van der Waals surface area contributed by atoms with Crippen LogP contribution in [0.5, 0.6) is 5.75 Å². The molecule has 20 heavy (non-hydrogen) atoms. The third kappa shape index (κ3) is 6.46. The first-order valence-corrected chi connectivity index (χ1v) is 6.83. The molecule has 0 spiro atoms. The number of halogens is 2. The fraction of sp³-hybridized carbons (Fsp3) is 0.500. The predicted molar refractivity (Wildman–Crippen MR) is 84.8 cm³/mol. The molecule has 0 saturated heterocycles. The zero-order valence-corrected chi connectivity index (χ0v) is 13.4. The summed E-state index contributed by atoms with van der Waals surface area (Å²) in [6.07, 6.45) is 1.21. The average molecular weight is 321 g/mol. The number of amides is 1. The largest absolute Gasteiger partial charge is 0.479 e. The molecule has 0 fully saturated rings. The summed E-state index contributed by atoms with van der Waals surface area (Å²) < 4.78 is 5.58. The molecule has 1 unspecified atom stereocenters. The van der Waals surface area contributed by atoms with Crippen molar-refractivity contribution in [2.45, 2.75) is 32.8 Å². The molecule has 1 rings (SSSR count). The summed E-state index contributed by atoms with van der Waals surface area (Å²) in [6, 6.07) is 5.48. The molecule has 0 bridgehead atoms. The van der Waals surface area contributed by atoms with E-state index in [0.29, 0.717) is 23.9 Å². The van der Waals surface area contributed by atoms with Crippen LogP contribution in [0.3, 0.4) is 0 Å². The van der Waals surface area contributed by atoms with Crippen LogP contribution < -0.4 is 15.8 Å². The highest BCUT2D eigenvalue weighted by Gasteiger charge is 2.15. The highest BCUT2D eigenvalue weighted by atomic mass is 35.5. The van der Waals surface area contributed by atoms with Crippen molar-refractivity contribution in [3.8, 4) is 5.75 Å². The molecule has 1 amide bonds. The monoisotopic (exact) mass is 320 g/mol. The second kappa shape index (κ2) is 9.86. The number of rotatable bonds is 7. The Balaban J connectivity index is 0.00000361. The first-order valence-electron chi connectivity index (χ1n) is 6.45. The molecule has 3 N–H and O–H groups in total. The van der Waals surface area contributed by atoms with Gasteiger partial charge in [-0.2, -0.15) is 0 Å². The Hall–Kier alpha value is -0.970. The van der Waals surface area contributed by atoms with Crippen LogP contribution >= 0.6 is 24.0 Å². The van der Waals surface area contributed by atoms with Gasteiger partial charge in [0.25, 0.3) is 5.91 Å². The highest BCUT2D eigenvalue weighted by molar-refractivity contribution is 6.32. The van der Waals surface area contributed by atoms with E-state index in [-0.39, 0.29) is 18.3 Å². The molecule has 0 radical (unpaired) electrons. The van der Waals surface area contributed by atoms with E-state index in [4.69, 9.17) is 22.1 Å². The molecule has 0 aliphatic heterocycles. The SMILES string of the molecule is Cc1ccc(Cl)c(OC(C)C(=O)NCCCCN)c1.Cl. The molecule has 1 aromatic carbocycles. The Morgan fingerprint density at radius 1 is 1.45 bits per heavy atom. The minimum atomic E-state index is -0.572. The van der Waals surface area contributed by atoms with Gasteiger partial charge in [0.15, 0.2) is 6.10 Å². The van der Waals surface area contributed by atoms with E-state index in [1.807, 2.05) is 19.1 Å². The van der Waals surface area contributed by atoms with E-state index in [9.17, 15) is 4.79 Å². The van der Waals surface area contributed by atoms with Gasteiger partial charge in [0, 0.05) is 6.54 Å². The molecule has 0 aromatic heterocycles. The van der Waals surface area contributed by atoms with Crippen LogP contribution in [0.15, 0.2) is 18.2 Å². The Morgan fingerprint density at radius 3 is 2.80 bits per heavy atom. The summed E-state index contributed by atoms with van der Waals surface area (Å²) in [4.78, 5) is 11.8. The van der Waals surface area contributed by atoms with E-state index in [1.54, 1.807) is 13.0 Å². The third-order valence-corrected chi connectivity index (χ3v) is 3.00. The lowest BCUT2D eigenvalue weighted by molar-refractivity contribution is -0.127. The van der Waals surface area contributed by atoms with Crippen LogP contribution in [-0.4, -0.2) is 25.1 Å². The number of nitrogens with one attached hydrogen (secondary N) is 1. The number of ether oxygens (including phenoxy) is 1. The summed E-state index contributed by atoms with van der Waals surface area (Å²) >= 11 is 6.02. The topological polar surface area (TPSA) is 64.3 Å². The fourth-order valence-corrected chi connectivity index (χ4v) is 1.73. The molecule has 0 heterocycles. The van der Waals surface area contributed by atoms with E-state index >= 15 is 0 Å². The molecular formula is C14H22Cl2N2O2. The average Bonchev–Trinajstić information content (AvgIpc) is 2.38. The summed E-state index contributed by atoms with van der Waals surface area (Å²) in [5.41, 5.74) is 6.42. The number of carbonyl (C=O) groups is 1.